The second-order valence-corrected chi connectivity index (χ2v) is 5.05. The number of hydrogen-bond donors (Lipinski definition) is 1. The van der Waals surface area contributed by atoms with Crippen molar-refractivity contribution in [3.05, 3.63) is 52.3 Å². The minimum atomic E-state index is -0.304. The van der Waals surface area contributed by atoms with E-state index in [0.29, 0.717) is 28.2 Å². The van der Waals surface area contributed by atoms with Gasteiger partial charge in [-0.1, -0.05) is 28.1 Å². The molecule has 2 aromatic rings. The molecule has 0 aromatic heterocycles. The summed E-state index contributed by atoms with van der Waals surface area (Å²) in [6.45, 7) is 0.443. The summed E-state index contributed by atoms with van der Waals surface area (Å²) in [5.74, 6) is 1.00. The predicted molar refractivity (Wildman–Crippen MR) is 81.0 cm³/mol. The maximum absolute atomic E-state index is 13.7. The van der Waals surface area contributed by atoms with Gasteiger partial charge in [0.15, 0.2) is 11.5 Å². The molecule has 0 aliphatic carbocycles. The van der Waals surface area contributed by atoms with Gasteiger partial charge in [0.2, 0.25) is 0 Å². The summed E-state index contributed by atoms with van der Waals surface area (Å²) in [5.41, 5.74) is 1.34. The molecular weight excluding hydrogens is 325 g/mol. The van der Waals surface area contributed by atoms with Gasteiger partial charge in [0.25, 0.3) is 0 Å². The van der Waals surface area contributed by atoms with Gasteiger partial charge in [-0.2, -0.15) is 0 Å². The quantitative estimate of drug-likeness (QED) is 0.884. The Kier molecular flexibility index (Phi) is 4.84. The van der Waals surface area contributed by atoms with Crippen molar-refractivity contribution in [2.24, 2.45) is 0 Å². The summed E-state index contributed by atoms with van der Waals surface area (Å²) in [6.07, 6.45) is 0. The molecule has 0 fully saturated rings. The van der Waals surface area contributed by atoms with Gasteiger partial charge in [0, 0.05) is 16.6 Å². The van der Waals surface area contributed by atoms with Gasteiger partial charge in [-0.3, -0.25) is 0 Å². The van der Waals surface area contributed by atoms with Crippen LogP contribution >= 0.6 is 15.9 Å². The van der Waals surface area contributed by atoms with Crippen molar-refractivity contribution in [2.45, 2.75) is 6.54 Å². The number of methoxy groups -OCH3 is 2. The molecule has 0 aliphatic rings. The Morgan fingerprint density at radius 1 is 1.15 bits per heavy atom. The van der Waals surface area contributed by atoms with Gasteiger partial charge in [0.1, 0.15) is 5.82 Å². The topological polar surface area (TPSA) is 30.5 Å². The lowest BCUT2D eigenvalue weighted by atomic mass is 10.1. The van der Waals surface area contributed by atoms with Gasteiger partial charge < -0.3 is 14.8 Å². The molecule has 0 radical (unpaired) electrons. The smallest absolute Gasteiger partial charge is 0.165 e. The lowest BCUT2D eigenvalue weighted by molar-refractivity contribution is 0.352. The Balaban J connectivity index is 2.18. The molecule has 0 aliphatic heterocycles. The molecule has 0 saturated carbocycles. The van der Waals surface area contributed by atoms with Gasteiger partial charge in [0.05, 0.1) is 19.9 Å². The van der Waals surface area contributed by atoms with Crippen molar-refractivity contribution in [2.75, 3.05) is 19.5 Å². The first-order valence-corrected chi connectivity index (χ1v) is 6.83. The number of halogens is 2. The Hall–Kier alpha value is -1.75. The van der Waals surface area contributed by atoms with Crippen LogP contribution in [0.3, 0.4) is 0 Å². The number of anilines is 1. The summed E-state index contributed by atoms with van der Waals surface area (Å²) in [5, 5.41) is 3.05. The van der Waals surface area contributed by atoms with Crippen LogP contribution in [0.1, 0.15) is 5.56 Å². The van der Waals surface area contributed by atoms with E-state index in [1.807, 2.05) is 18.2 Å². The van der Waals surface area contributed by atoms with E-state index in [-0.39, 0.29) is 5.82 Å². The fraction of sp³-hybridized carbons (Fsp3) is 0.200. The zero-order valence-corrected chi connectivity index (χ0v) is 12.8. The van der Waals surface area contributed by atoms with E-state index in [2.05, 4.69) is 21.2 Å². The van der Waals surface area contributed by atoms with Crippen LogP contribution in [0.5, 0.6) is 11.5 Å². The SMILES string of the molecule is COc1cccc(CNc2ccc(Br)cc2F)c1OC. The molecule has 0 amide bonds. The number of ether oxygens (including phenoxy) is 2. The van der Waals surface area contributed by atoms with Crippen molar-refractivity contribution in [1.82, 2.24) is 0 Å². The Morgan fingerprint density at radius 3 is 2.60 bits per heavy atom. The van der Waals surface area contributed by atoms with Gasteiger partial charge in [-0.05, 0) is 24.3 Å². The van der Waals surface area contributed by atoms with Gasteiger partial charge in [-0.15, -0.1) is 0 Å². The molecule has 20 heavy (non-hydrogen) atoms. The normalized spacial score (nSPS) is 10.2. The molecule has 0 saturated heterocycles. The van der Waals surface area contributed by atoms with Crippen LogP contribution in [-0.4, -0.2) is 14.2 Å². The molecule has 0 spiro atoms. The highest BCUT2D eigenvalue weighted by molar-refractivity contribution is 9.10. The van der Waals surface area contributed by atoms with Crippen LogP contribution in [0.15, 0.2) is 40.9 Å². The van der Waals surface area contributed by atoms with Crippen LogP contribution in [-0.2, 0) is 6.54 Å². The first-order chi connectivity index (χ1) is 9.65. The molecule has 2 aromatic carbocycles. The minimum absolute atomic E-state index is 0.304. The fourth-order valence-electron chi connectivity index (χ4n) is 1.92. The third-order valence-corrected chi connectivity index (χ3v) is 3.38. The maximum Gasteiger partial charge on any atom is 0.165 e. The summed E-state index contributed by atoms with van der Waals surface area (Å²) >= 11 is 3.23. The first kappa shape index (κ1) is 14.7. The standard InChI is InChI=1S/C15H15BrFNO2/c1-19-14-5-3-4-10(15(14)20-2)9-18-13-7-6-11(16)8-12(13)17/h3-8,18H,9H2,1-2H3. The molecule has 1 N–H and O–H groups in total. The third kappa shape index (κ3) is 3.22. The van der Waals surface area contributed by atoms with Crippen molar-refractivity contribution >= 4 is 21.6 Å². The van der Waals surface area contributed by atoms with E-state index in [0.717, 1.165) is 5.56 Å². The van der Waals surface area contributed by atoms with Crippen LogP contribution in [0, 0.1) is 5.82 Å². The summed E-state index contributed by atoms with van der Waals surface area (Å²) in [4.78, 5) is 0. The van der Waals surface area contributed by atoms with E-state index >= 15 is 0 Å². The van der Waals surface area contributed by atoms with Gasteiger partial charge >= 0.3 is 0 Å². The lowest BCUT2D eigenvalue weighted by Gasteiger charge is -2.14. The number of benzene rings is 2. The molecule has 106 valence electrons. The Bertz CT molecular complexity index is 604. The highest BCUT2D eigenvalue weighted by Gasteiger charge is 2.10. The van der Waals surface area contributed by atoms with E-state index in [9.17, 15) is 4.39 Å². The second-order valence-electron chi connectivity index (χ2n) is 4.13. The number of para-hydroxylation sites is 1. The van der Waals surface area contributed by atoms with E-state index < -0.39 is 0 Å². The first-order valence-electron chi connectivity index (χ1n) is 6.04. The largest absolute Gasteiger partial charge is 0.493 e. The zero-order chi connectivity index (χ0) is 14.5. The molecule has 0 atom stereocenters. The van der Waals surface area contributed by atoms with Crippen molar-refractivity contribution in [1.29, 1.82) is 0 Å². The highest BCUT2D eigenvalue weighted by atomic mass is 79.9. The van der Waals surface area contributed by atoms with Crippen molar-refractivity contribution in [3.8, 4) is 11.5 Å². The Labute approximate surface area is 125 Å². The molecule has 0 unspecified atom stereocenters. The number of hydrogen-bond acceptors (Lipinski definition) is 3. The third-order valence-electron chi connectivity index (χ3n) is 2.88. The molecule has 3 nitrogen and oxygen atoms in total. The lowest BCUT2D eigenvalue weighted by Crippen LogP contribution is -2.04. The van der Waals surface area contributed by atoms with E-state index in [1.165, 1.54) is 6.07 Å². The second kappa shape index (κ2) is 6.61. The number of nitrogens with one attached hydrogen (secondary N) is 1. The fourth-order valence-corrected chi connectivity index (χ4v) is 2.25. The average molecular weight is 340 g/mol. The number of rotatable bonds is 5. The molecular formula is C15H15BrFNO2. The van der Waals surface area contributed by atoms with Crippen LogP contribution < -0.4 is 14.8 Å². The van der Waals surface area contributed by atoms with Crippen molar-refractivity contribution in [3.63, 3.8) is 0 Å². The zero-order valence-electron chi connectivity index (χ0n) is 11.2. The predicted octanol–water partition coefficient (Wildman–Crippen LogP) is 4.22. The summed E-state index contributed by atoms with van der Waals surface area (Å²) < 4.78 is 25.0. The van der Waals surface area contributed by atoms with Crippen LogP contribution in [0.2, 0.25) is 0 Å². The van der Waals surface area contributed by atoms with E-state index in [4.69, 9.17) is 9.47 Å². The van der Waals surface area contributed by atoms with Crippen molar-refractivity contribution < 1.29 is 13.9 Å². The summed E-state index contributed by atoms with van der Waals surface area (Å²) in [7, 11) is 3.17. The highest BCUT2D eigenvalue weighted by Crippen LogP contribution is 2.31. The Morgan fingerprint density at radius 2 is 1.95 bits per heavy atom. The van der Waals surface area contributed by atoms with Gasteiger partial charge in [-0.25, -0.2) is 4.39 Å². The van der Waals surface area contributed by atoms with Crippen LogP contribution in [0.25, 0.3) is 0 Å². The molecule has 2 rings (SSSR count). The van der Waals surface area contributed by atoms with E-state index in [1.54, 1.807) is 26.4 Å². The monoisotopic (exact) mass is 339 g/mol. The average Bonchev–Trinajstić information content (AvgIpc) is 2.45. The maximum atomic E-state index is 13.7. The summed E-state index contributed by atoms with van der Waals surface area (Å²) in [6, 6.07) is 10.5. The molecule has 0 heterocycles. The minimum Gasteiger partial charge on any atom is -0.493 e. The molecule has 0 bridgehead atoms. The molecule has 5 heteroatoms. The van der Waals surface area contributed by atoms with Crippen LogP contribution in [0.4, 0.5) is 10.1 Å².